The standard InChI is InChI=1S/C14H27N3O/c1-6-9-17-10-8-16-14(17)12(15-5)13(11(3)4)18-7-2/h8,10-13,15H,6-7,9H2,1-5H3. The fourth-order valence-electron chi connectivity index (χ4n) is 2.34. The van der Waals surface area contributed by atoms with Gasteiger partial charge in [-0.2, -0.15) is 0 Å². The Bertz CT molecular complexity index is 336. The largest absolute Gasteiger partial charge is 0.376 e. The van der Waals surface area contributed by atoms with Crippen LogP contribution in [0.1, 0.15) is 46.0 Å². The maximum Gasteiger partial charge on any atom is 0.128 e. The molecule has 1 aromatic heterocycles. The third kappa shape index (κ3) is 3.56. The predicted octanol–water partition coefficient (Wildman–Crippen LogP) is 2.61. The Balaban J connectivity index is 2.95. The first-order valence-electron chi connectivity index (χ1n) is 6.95. The summed E-state index contributed by atoms with van der Waals surface area (Å²) in [6, 6.07) is 0.145. The van der Waals surface area contributed by atoms with Crippen molar-refractivity contribution in [1.82, 2.24) is 14.9 Å². The first-order chi connectivity index (χ1) is 8.65. The molecule has 18 heavy (non-hydrogen) atoms. The van der Waals surface area contributed by atoms with Crippen molar-refractivity contribution in [2.24, 2.45) is 5.92 Å². The molecule has 1 heterocycles. The van der Waals surface area contributed by atoms with Gasteiger partial charge in [0.2, 0.25) is 0 Å². The highest BCUT2D eigenvalue weighted by Crippen LogP contribution is 2.23. The summed E-state index contributed by atoms with van der Waals surface area (Å²) in [5.74, 6) is 1.53. The van der Waals surface area contributed by atoms with Gasteiger partial charge in [-0.15, -0.1) is 0 Å². The molecule has 0 fully saturated rings. The SMILES string of the molecule is CCCn1ccnc1C(NC)C(OCC)C(C)C. The van der Waals surface area contributed by atoms with E-state index in [0.717, 1.165) is 25.4 Å². The number of aryl methyl sites for hydroxylation is 1. The molecule has 0 spiro atoms. The third-order valence-electron chi connectivity index (χ3n) is 3.15. The predicted molar refractivity (Wildman–Crippen MR) is 74.6 cm³/mol. The molecule has 1 aromatic rings. The lowest BCUT2D eigenvalue weighted by atomic mass is 9.98. The van der Waals surface area contributed by atoms with E-state index >= 15 is 0 Å². The number of hydrogen-bond acceptors (Lipinski definition) is 3. The number of hydrogen-bond donors (Lipinski definition) is 1. The Kier molecular flexibility index (Phi) is 6.36. The van der Waals surface area contributed by atoms with Crippen LogP contribution in [0, 0.1) is 5.92 Å². The zero-order valence-electron chi connectivity index (χ0n) is 12.3. The zero-order chi connectivity index (χ0) is 13.5. The van der Waals surface area contributed by atoms with E-state index in [1.165, 1.54) is 0 Å². The number of ether oxygens (including phenoxy) is 1. The van der Waals surface area contributed by atoms with Crippen molar-refractivity contribution in [3.63, 3.8) is 0 Å². The summed E-state index contributed by atoms with van der Waals surface area (Å²) >= 11 is 0. The molecular weight excluding hydrogens is 226 g/mol. The Morgan fingerprint density at radius 3 is 2.61 bits per heavy atom. The van der Waals surface area contributed by atoms with Gasteiger partial charge in [-0.05, 0) is 26.3 Å². The first kappa shape index (κ1) is 15.2. The van der Waals surface area contributed by atoms with Crippen molar-refractivity contribution in [3.05, 3.63) is 18.2 Å². The maximum absolute atomic E-state index is 5.90. The Labute approximate surface area is 111 Å². The second-order valence-electron chi connectivity index (χ2n) is 4.91. The van der Waals surface area contributed by atoms with E-state index in [0.29, 0.717) is 5.92 Å². The molecule has 0 saturated heterocycles. The van der Waals surface area contributed by atoms with Crippen LogP contribution in [0.2, 0.25) is 0 Å². The maximum atomic E-state index is 5.90. The van der Waals surface area contributed by atoms with Crippen molar-refractivity contribution < 1.29 is 4.74 Å². The highest BCUT2D eigenvalue weighted by atomic mass is 16.5. The van der Waals surface area contributed by atoms with E-state index in [2.05, 4.69) is 35.6 Å². The number of imidazole rings is 1. The Morgan fingerprint density at radius 2 is 2.11 bits per heavy atom. The number of nitrogens with one attached hydrogen (secondary N) is 1. The van der Waals surface area contributed by atoms with Crippen molar-refractivity contribution in [2.45, 2.75) is 52.8 Å². The minimum atomic E-state index is 0.145. The second kappa shape index (κ2) is 7.54. The number of likely N-dealkylation sites (N-methyl/N-ethyl adjacent to an activating group) is 1. The Morgan fingerprint density at radius 1 is 1.39 bits per heavy atom. The fourth-order valence-corrected chi connectivity index (χ4v) is 2.34. The molecule has 0 radical (unpaired) electrons. The van der Waals surface area contributed by atoms with Crippen LogP contribution in [0.4, 0.5) is 0 Å². The van der Waals surface area contributed by atoms with Crippen LogP contribution >= 0.6 is 0 Å². The number of nitrogens with zero attached hydrogens (tertiary/aromatic N) is 2. The van der Waals surface area contributed by atoms with Gasteiger partial charge in [0.15, 0.2) is 0 Å². The van der Waals surface area contributed by atoms with E-state index in [4.69, 9.17) is 4.74 Å². The summed E-state index contributed by atoms with van der Waals surface area (Å²) in [7, 11) is 1.98. The molecular formula is C14H27N3O. The van der Waals surface area contributed by atoms with Crippen LogP contribution in [0.25, 0.3) is 0 Å². The topological polar surface area (TPSA) is 39.1 Å². The van der Waals surface area contributed by atoms with Crippen LogP contribution in [0.3, 0.4) is 0 Å². The Hall–Kier alpha value is -0.870. The quantitative estimate of drug-likeness (QED) is 0.774. The molecule has 104 valence electrons. The lowest BCUT2D eigenvalue weighted by molar-refractivity contribution is 0.00174. The van der Waals surface area contributed by atoms with Gasteiger partial charge >= 0.3 is 0 Å². The van der Waals surface area contributed by atoms with Crippen LogP contribution in [-0.4, -0.2) is 29.3 Å². The van der Waals surface area contributed by atoms with E-state index in [-0.39, 0.29) is 12.1 Å². The molecule has 1 N–H and O–H groups in total. The summed E-state index contributed by atoms with van der Waals surface area (Å²) in [6.07, 6.45) is 5.18. The molecule has 2 atom stereocenters. The van der Waals surface area contributed by atoms with Crippen molar-refractivity contribution >= 4 is 0 Å². The van der Waals surface area contributed by atoms with Gasteiger partial charge < -0.3 is 14.6 Å². The smallest absolute Gasteiger partial charge is 0.128 e. The minimum Gasteiger partial charge on any atom is -0.376 e. The van der Waals surface area contributed by atoms with Crippen molar-refractivity contribution in [1.29, 1.82) is 0 Å². The molecule has 0 aliphatic carbocycles. The van der Waals surface area contributed by atoms with E-state index in [1.807, 2.05) is 26.4 Å². The molecule has 2 unspecified atom stereocenters. The molecule has 0 aliphatic heterocycles. The highest BCUT2D eigenvalue weighted by molar-refractivity contribution is 5.03. The normalized spacial score (nSPS) is 15.0. The third-order valence-corrected chi connectivity index (χ3v) is 3.15. The monoisotopic (exact) mass is 253 g/mol. The number of rotatable bonds is 8. The van der Waals surface area contributed by atoms with Gasteiger partial charge in [-0.3, -0.25) is 0 Å². The lowest BCUT2D eigenvalue weighted by Crippen LogP contribution is -2.37. The van der Waals surface area contributed by atoms with Gasteiger partial charge in [-0.25, -0.2) is 4.98 Å². The van der Waals surface area contributed by atoms with Gasteiger partial charge in [0, 0.05) is 25.5 Å². The molecule has 0 aliphatic rings. The summed E-state index contributed by atoms with van der Waals surface area (Å²) in [5, 5.41) is 3.36. The summed E-state index contributed by atoms with van der Waals surface area (Å²) in [6.45, 7) is 10.3. The summed E-state index contributed by atoms with van der Waals surface area (Å²) < 4.78 is 8.12. The van der Waals surface area contributed by atoms with E-state index in [9.17, 15) is 0 Å². The fraction of sp³-hybridized carbons (Fsp3) is 0.786. The van der Waals surface area contributed by atoms with E-state index in [1.54, 1.807) is 0 Å². The number of aromatic nitrogens is 2. The molecule has 4 heteroatoms. The van der Waals surface area contributed by atoms with Crippen molar-refractivity contribution in [2.75, 3.05) is 13.7 Å². The van der Waals surface area contributed by atoms with Crippen LogP contribution in [0.5, 0.6) is 0 Å². The molecule has 0 amide bonds. The van der Waals surface area contributed by atoms with Crippen molar-refractivity contribution in [3.8, 4) is 0 Å². The van der Waals surface area contributed by atoms with E-state index < -0.39 is 0 Å². The first-order valence-corrected chi connectivity index (χ1v) is 6.95. The zero-order valence-corrected chi connectivity index (χ0v) is 12.3. The average molecular weight is 253 g/mol. The van der Waals surface area contributed by atoms with Crippen LogP contribution in [-0.2, 0) is 11.3 Å². The molecule has 0 aromatic carbocycles. The average Bonchev–Trinajstić information content (AvgIpc) is 2.78. The van der Waals surface area contributed by atoms with Gasteiger partial charge in [-0.1, -0.05) is 20.8 Å². The molecule has 0 saturated carbocycles. The highest BCUT2D eigenvalue weighted by Gasteiger charge is 2.28. The van der Waals surface area contributed by atoms with Gasteiger partial charge in [0.1, 0.15) is 5.82 Å². The molecule has 0 bridgehead atoms. The van der Waals surface area contributed by atoms with Gasteiger partial charge in [0.25, 0.3) is 0 Å². The summed E-state index contributed by atoms with van der Waals surface area (Å²) in [5.41, 5.74) is 0. The lowest BCUT2D eigenvalue weighted by Gasteiger charge is -2.29. The summed E-state index contributed by atoms with van der Waals surface area (Å²) in [4.78, 5) is 4.51. The molecule has 1 rings (SSSR count). The minimum absolute atomic E-state index is 0.145. The van der Waals surface area contributed by atoms with Gasteiger partial charge in [0.05, 0.1) is 12.1 Å². The van der Waals surface area contributed by atoms with Crippen LogP contribution < -0.4 is 5.32 Å². The van der Waals surface area contributed by atoms with Crippen LogP contribution in [0.15, 0.2) is 12.4 Å². The molecule has 4 nitrogen and oxygen atoms in total. The second-order valence-corrected chi connectivity index (χ2v) is 4.91.